The van der Waals surface area contributed by atoms with Gasteiger partial charge in [-0.1, -0.05) is 73.1 Å². The molecule has 1 aliphatic rings. The Balaban J connectivity index is 0.000000471. The Morgan fingerprint density at radius 2 is 1.51 bits per heavy atom. The molecule has 0 amide bonds. The number of aliphatic hydroxyl groups is 1. The van der Waals surface area contributed by atoms with Gasteiger partial charge in [-0.15, -0.1) is 0 Å². The van der Waals surface area contributed by atoms with E-state index in [2.05, 4.69) is 20.8 Å². The second-order valence-corrected chi connectivity index (χ2v) is 11.1. The number of benzene rings is 2. The van der Waals surface area contributed by atoms with E-state index in [1.54, 1.807) is 19.1 Å². The minimum Gasteiger partial charge on any atom is -0.390 e. The van der Waals surface area contributed by atoms with E-state index in [9.17, 15) is 19.1 Å². The van der Waals surface area contributed by atoms with Crippen molar-refractivity contribution in [1.82, 2.24) is 0 Å². The fraction of sp³-hybridized carbons (Fsp3) is 0.576. The number of rotatable bonds is 8. The summed E-state index contributed by atoms with van der Waals surface area (Å²) in [6, 6.07) is 8.36. The van der Waals surface area contributed by atoms with Crippen molar-refractivity contribution in [2.45, 2.75) is 107 Å². The summed E-state index contributed by atoms with van der Waals surface area (Å²) in [4.78, 5) is 24.6. The highest BCUT2D eigenvalue weighted by Gasteiger charge is 2.36. The summed E-state index contributed by atoms with van der Waals surface area (Å²) in [6.45, 7) is 19.3. The first-order valence-electron chi connectivity index (χ1n) is 14.0. The van der Waals surface area contributed by atoms with Gasteiger partial charge in [0.25, 0.3) is 0 Å². The van der Waals surface area contributed by atoms with Crippen molar-refractivity contribution in [1.29, 1.82) is 0 Å². The lowest BCUT2D eigenvalue weighted by Gasteiger charge is -2.25. The average molecular weight is 513 g/mol. The van der Waals surface area contributed by atoms with Gasteiger partial charge in [-0.25, -0.2) is 4.39 Å². The summed E-state index contributed by atoms with van der Waals surface area (Å²) in [5.74, 6) is 0.802. The molecule has 206 valence electrons. The molecule has 1 unspecified atom stereocenters. The second-order valence-electron chi connectivity index (χ2n) is 11.1. The van der Waals surface area contributed by atoms with Gasteiger partial charge in [0.05, 0.1) is 5.60 Å². The molecule has 0 bridgehead atoms. The van der Waals surface area contributed by atoms with Gasteiger partial charge in [-0.3, -0.25) is 9.59 Å². The van der Waals surface area contributed by atoms with Crippen LogP contribution < -0.4 is 0 Å². The molecule has 3 nitrogen and oxygen atoms in total. The van der Waals surface area contributed by atoms with Crippen molar-refractivity contribution in [3.63, 3.8) is 0 Å². The molecular formula is C33H49FO3. The number of carbonyl (C=O) groups excluding carboxylic acids is 2. The van der Waals surface area contributed by atoms with Crippen molar-refractivity contribution in [2.75, 3.05) is 0 Å². The minimum atomic E-state index is -0.457. The van der Waals surface area contributed by atoms with E-state index in [0.29, 0.717) is 35.4 Å². The largest absolute Gasteiger partial charge is 0.390 e. The van der Waals surface area contributed by atoms with Gasteiger partial charge in [0.15, 0.2) is 11.6 Å². The molecule has 1 fully saturated rings. The van der Waals surface area contributed by atoms with Gasteiger partial charge >= 0.3 is 0 Å². The molecule has 1 N–H and O–H groups in total. The Bertz CT molecular complexity index is 1040. The third kappa shape index (κ3) is 9.48. The molecule has 4 heteroatoms. The zero-order valence-electron chi connectivity index (χ0n) is 24.8. The molecule has 1 atom stereocenters. The van der Waals surface area contributed by atoms with Crippen molar-refractivity contribution in [3.8, 4) is 11.1 Å². The Labute approximate surface area is 224 Å². The number of carbonyl (C=O) groups is 2. The SMILES string of the molecule is CC(C1CC1)C(C)(C)O.CCC.CCc1cc(-c2cc(F)cc(CC)c2C(=O)C(C)C)ccc1C(C)=O. The first kappa shape index (κ1) is 32.7. The Morgan fingerprint density at radius 3 is 1.89 bits per heavy atom. The highest BCUT2D eigenvalue weighted by atomic mass is 19.1. The van der Waals surface area contributed by atoms with Crippen LogP contribution in [0.15, 0.2) is 30.3 Å². The lowest BCUT2D eigenvalue weighted by atomic mass is 9.86. The number of hydrogen-bond donors (Lipinski definition) is 1. The van der Waals surface area contributed by atoms with Gasteiger partial charge in [0.1, 0.15) is 5.82 Å². The van der Waals surface area contributed by atoms with Crippen molar-refractivity contribution < 1.29 is 19.1 Å². The van der Waals surface area contributed by atoms with Crippen LogP contribution in [0.1, 0.15) is 120 Å². The first-order valence-corrected chi connectivity index (χ1v) is 14.0. The third-order valence-electron chi connectivity index (χ3n) is 6.96. The van der Waals surface area contributed by atoms with Crippen LogP contribution in [-0.2, 0) is 12.8 Å². The summed E-state index contributed by atoms with van der Waals surface area (Å²) in [7, 11) is 0. The van der Waals surface area contributed by atoms with Crippen LogP contribution in [0.25, 0.3) is 11.1 Å². The highest BCUT2D eigenvalue weighted by Crippen LogP contribution is 2.41. The summed E-state index contributed by atoms with van der Waals surface area (Å²) in [6.07, 6.45) is 5.19. The van der Waals surface area contributed by atoms with Crippen molar-refractivity contribution >= 4 is 11.6 Å². The predicted molar refractivity (Wildman–Crippen MR) is 154 cm³/mol. The van der Waals surface area contributed by atoms with Crippen molar-refractivity contribution in [3.05, 3.63) is 58.4 Å². The molecule has 0 saturated heterocycles. The maximum atomic E-state index is 14.2. The zero-order valence-corrected chi connectivity index (χ0v) is 24.8. The molecule has 1 aliphatic carbocycles. The lowest BCUT2D eigenvalue weighted by molar-refractivity contribution is 0.0155. The summed E-state index contributed by atoms with van der Waals surface area (Å²) in [5, 5.41) is 9.50. The van der Waals surface area contributed by atoms with Crippen molar-refractivity contribution in [2.24, 2.45) is 17.8 Å². The van der Waals surface area contributed by atoms with Gasteiger partial charge in [0.2, 0.25) is 0 Å². The van der Waals surface area contributed by atoms with E-state index in [1.807, 2.05) is 47.6 Å². The molecular weight excluding hydrogens is 463 g/mol. The lowest BCUT2D eigenvalue weighted by Crippen LogP contribution is -2.29. The third-order valence-corrected chi connectivity index (χ3v) is 6.96. The van der Waals surface area contributed by atoms with E-state index in [0.717, 1.165) is 22.6 Å². The quantitative estimate of drug-likeness (QED) is 0.359. The number of Topliss-reactive ketones (excluding diaryl/α,β-unsaturated/α-hetero) is 2. The molecule has 0 radical (unpaired) electrons. The maximum Gasteiger partial charge on any atom is 0.166 e. The van der Waals surface area contributed by atoms with Crippen LogP contribution in [0.3, 0.4) is 0 Å². The number of ketones is 2. The topological polar surface area (TPSA) is 54.4 Å². The Morgan fingerprint density at radius 1 is 0.973 bits per heavy atom. The van der Waals surface area contributed by atoms with E-state index in [1.165, 1.54) is 31.4 Å². The molecule has 0 spiro atoms. The summed E-state index contributed by atoms with van der Waals surface area (Å²) >= 11 is 0. The highest BCUT2D eigenvalue weighted by molar-refractivity contribution is 6.05. The fourth-order valence-corrected chi connectivity index (χ4v) is 4.32. The minimum absolute atomic E-state index is 0.00960. The molecule has 1 saturated carbocycles. The smallest absolute Gasteiger partial charge is 0.166 e. The summed E-state index contributed by atoms with van der Waals surface area (Å²) in [5.41, 5.74) is 3.84. The van der Waals surface area contributed by atoms with Crippen LogP contribution in [-0.4, -0.2) is 22.3 Å². The molecule has 2 aromatic rings. The maximum absolute atomic E-state index is 14.2. The predicted octanol–water partition coefficient (Wildman–Crippen LogP) is 8.88. The molecule has 0 aromatic heterocycles. The Hall–Kier alpha value is -2.33. The van der Waals surface area contributed by atoms with E-state index in [-0.39, 0.29) is 23.3 Å². The normalized spacial score (nSPS) is 13.8. The summed E-state index contributed by atoms with van der Waals surface area (Å²) < 4.78 is 14.2. The monoisotopic (exact) mass is 512 g/mol. The number of halogens is 1. The molecule has 0 aliphatic heterocycles. The first-order chi connectivity index (χ1) is 17.2. The van der Waals surface area contributed by atoms with E-state index >= 15 is 0 Å². The fourth-order valence-electron chi connectivity index (χ4n) is 4.32. The second kappa shape index (κ2) is 14.6. The molecule has 2 aromatic carbocycles. The van der Waals surface area contributed by atoms with Crippen LogP contribution in [0.4, 0.5) is 4.39 Å². The van der Waals surface area contributed by atoms with Gasteiger partial charge in [-0.2, -0.15) is 0 Å². The van der Waals surface area contributed by atoms with E-state index in [4.69, 9.17) is 0 Å². The molecule has 37 heavy (non-hydrogen) atoms. The molecule has 0 heterocycles. The average Bonchev–Trinajstić information content (AvgIpc) is 3.67. The zero-order chi connectivity index (χ0) is 28.5. The van der Waals surface area contributed by atoms with Gasteiger partial charge in [0, 0.05) is 17.0 Å². The van der Waals surface area contributed by atoms with Gasteiger partial charge < -0.3 is 5.11 Å². The number of hydrogen-bond acceptors (Lipinski definition) is 3. The standard InChI is InChI=1S/C22H25FO2.C8H16O.C3H8/c1-6-15-10-17(8-9-19(15)14(5)24)20-12-18(23)11-16(7-2)21(20)22(25)13(3)4;1-6(7-4-5-7)8(2,3)9;1-3-2/h8-13H,6-7H2,1-5H3;6-7,9H,4-5H2,1-3H3;3H2,1-2H3. The van der Waals surface area contributed by atoms with E-state index < -0.39 is 5.60 Å². The van der Waals surface area contributed by atoms with Crippen LogP contribution in [0.5, 0.6) is 0 Å². The number of aryl methyl sites for hydroxylation is 2. The van der Waals surface area contributed by atoms with Crippen LogP contribution in [0, 0.1) is 23.6 Å². The van der Waals surface area contributed by atoms with Gasteiger partial charge in [-0.05, 0) is 92.7 Å². The Kier molecular flexibility index (Phi) is 12.9. The molecule has 3 rings (SSSR count). The van der Waals surface area contributed by atoms with Crippen LogP contribution in [0.2, 0.25) is 0 Å². The van der Waals surface area contributed by atoms with Crippen LogP contribution >= 0.6 is 0 Å².